The molecule has 0 spiro atoms. The number of likely N-dealkylation sites (N-methyl/N-ethyl adjacent to an activating group) is 1. The molecule has 0 fully saturated rings. The number of rotatable bonds is 7. The molecule has 0 atom stereocenters. The Kier molecular flexibility index (Phi) is 6.65. The van der Waals surface area contributed by atoms with Gasteiger partial charge in [-0.3, -0.25) is 14.5 Å². The molecule has 8 nitrogen and oxygen atoms in total. The fraction of sp³-hybridized carbons (Fsp3) is 0.280. The number of carbonyl (C=O) groups excluding carboxylic acids is 1. The van der Waals surface area contributed by atoms with Gasteiger partial charge in [-0.25, -0.2) is 4.68 Å². The second-order valence-corrected chi connectivity index (χ2v) is 8.65. The molecule has 1 amide bonds. The van der Waals surface area contributed by atoms with Crippen LogP contribution in [-0.2, 0) is 17.9 Å². The number of methoxy groups -OCH3 is 1. The number of hydrogen-bond acceptors (Lipinski definition) is 5. The first-order chi connectivity index (χ1) is 16.3. The number of hydrogen-bond donors (Lipinski definition) is 1. The number of ether oxygens (including phenoxy) is 1. The van der Waals surface area contributed by atoms with E-state index in [9.17, 15) is 4.79 Å². The maximum atomic E-state index is 13.2. The highest BCUT2D eigenvalue weighted by atomic mass is 32.1. The Morgan fingerprint density at radius 2 is 1.82 bits per heavy atom. The molecule has 4 aromatic rings. The van der Waals surface area contributed by atoms with Gasteiger partial charge in [0.15, 0.2) is 10.6 Å². The van der Waals surface area contributed by atoms with Crippen molar-refractivity contribution in [3.63, 3.8) is 0 Å². The first-order valence-electron chi connectivity index (χ1n) is 10.9. The number of nitrogens with one attached hydrogen (secondary N) is 1. The highest BCUT2D eigenvalue weighted by Gasteiger charge is 2.20. The smallest absolute Gasteiger partial charge is 0.242 e. The normalized spacial score (nSPS) is 11.0. The van der Waals surface area contributed by atoms with Crippen molar-refractivity contribution in [2.24, 2.45) is 0 Å². The minimum absolute atomic E-state index is 0.0743. The fourth-order valence-corrected chi connectivity index (χ4v) is 4.14. The Balaban J connectivity index is 1.55. The topological polar surface area (TPSA) is 81.0 Å². The van der Waals surface area contributed by atoms with Crippen molar-refractivity contribution in [3.8, 4) is 22.8 Å². The molecule has 2 aromatic heterocycles. The molecule has 0 radical (unpaired) electrons. The zero-order chi connectivity index (χ0) is 24.4. The van der Waals surface area contributed by atoms with Gasteiger partial charge in [0.05, 0.1) is 18.5 Å². The van der Waals surface area contributed by atoms with Crippen molar-refractivity contribution in [1.29, 1.82) is 0 Å². The van der Waals surface area contributed by atoms with Gasteiger partial charge in [0.1, 0.15) is 12.3 Å². The summed E-state index contributed by atoms with van der Waals surface area (Å²) in [6, 6.07) is 15.6. The van der Waals surface area contributed by atoms with E-state index in [0.717, 1.165) is 39.5 Å². The first-order valence-corrected chi connectivity index (χ1v) is 11.4. The molecule has 9 heteroatoms. The maximum Gasteiger partial charge on any atom is 0.242 e. The van der Waals surface area contributed by atoms with Gasteiger partial charge in [0.2, 0.25) is 5.91 Å². The van der Waals surface area contributed by atoms with Crippen LogP contribution in [0.3, 0.4) is 0 Å². The van der Waals surface area contributed by atoms with E-state index >= 15 is 0 Å². The Morgan fingerprint density at radius 1 is 1.12 bits per heavy atom. The molecule has 176 valence electrons. The molecule has 0 bridgehead atoms. The predicted octanol–water partition coefficient (Wildman–Crippen LogP) is 4.39. The molecule has 0 aliphatic carbocycles. The van der Waals surface area contributed by atoms with E-state index in [4.69, 9.17) is 22.1 Å². The third-order valence-corrected chi connectivity index (χ3v) is 6.32. The van der Waals surface area contributed by atoms with E-state index in [2.05, 4.69) is 29.3 Å². The molecule has 0 aliphatic rings. The van der Waals surface area contributed by atoms with Crippen LogP contribution in [0.2, 0.25) is 0 Å². The summed E-state index contributed by atoms with van der Waals surface area (Å²) in [5.41, 5.74) is 5.98. The van der Waals surface area contributed by atoms with Crippen molar-refractivity contribution in [3.05, 3.63) is 75.8 Å². The quantitative estimate of drug-likeness (QED) is 0.400. The lowest BCUT2D eigenvalue weighted by Crippen LogP contribution is -2.30. The lowest BCUT2D eigenvalue weighted by molar-refractivity contribution is -0.131. The van der Waals surface area contributed by atoms with Crippen LogP contribution in [0.25, 0.3) is 17.1 Å². The molecule has 1 N–H and O–H groups in total. The van der Waals surface area contributed by atoms with E-state index in [1.165, 1.54) is 0 Å². The van der Waals surface area contributed by atoms with Gasteiger partial charge in [-0.2, -0.15) is 10.2 Å². The van der Waals surface area contributed by atoms with Crippen molar-refractivity contribution in [2.45, 2.75) is 33.9 Å². The summed E-state index contributed by atoms with van der Waals surface area (Å²) in [4.78, 5) is 14.9. The number of H-pyrrole nitrogens is 1. The average Bonchev–Trinajstić information content (AvgIpc) is 3.33. The van der Waals surface area contributed by atoms with Crippen molar-refractivity contribution >= 4 is 18.1 Å². The van der Waals surface area contributed by atoms with Crippen LogP contribution in [0.15, 0.2) is 48.5 Å². The van der Waals surface area contributed by atoms with Crippen LogP contribution >= 0.6 is 12.2 Å². The Labute approximate surface area is 203 Å². The number of carbonyl (C=O) groups is 1. The standard InChI is InChI=1S/C25H28N6O2S/c1-16-8-6-7-9-22(16)31-18(3)21(17(2)28-31)14-29(4)23(32)15-30-24(26-27-25(30)34)19-10-12-20(33-5)13-11-19/h6-13H,14-15H2,1-5H3,(H,27,34). The largest absolute Gasteiger partial charge is 0.497 e. The molecule has 0 saturated heterocycles. The van der Waals surface area contributed by atoms with Gasteiger partial charge in [0, 0.05) is 30.4 Å². The number of aromatic nitrogens is 5. The zero-order valence-corrected chi connectivity index (χ0v) is 20.8. The van der Waals surface area contributed by atoms with Gasteiger partial charge in [0.25, 0.3) is 0 Å². The summed E-state index contributed by atoms with van der Waals surface area (Å²) in [6.45, 7) is 6.61. The number of benzene rings is 2. The Hall–Kier alpha value is -3.72. The summed E-state index contributed by atoms with van der Waals surface area (Å²) in [5, 5.41) is 11.9. The zero-order valence-electron chi connectivity index (χ0n) is 20.0. The van der Waals surface area contributed by atoms with Crippen LogP contribution in [0.1, 0.15) is 22.5 Å². The van der Waals surface area contributed by atoms with Gasteiger partial charge in [-0.15, -0.1) is 0 Å². The molecular formula is C25H28N6O2S. The van der Waals surface area contributed by atoms with E-state index in [1.54, 1.807) is 23.6 Å². The lowest BCUT2D eigenvalue weighted by atomic mass is 10.1. The molecule has 0 unspecified atom stereocenters. The highest BCUT2D eigenvalue weighted by Crippen LogP contribution is 2.23. The fourth-order valence-electron chi connectivity index (χ4n) is 3.95. The van der Waals surface area contributed by atoms with E-state index in [1.807, 2.05) is 54.9 Å². The third-order valence-electron chi connectivity index (χ3n) is 6.01. The SMILES string of the molecule is COc1ccc(-c2n[nH]c(=S)n2CC(=O)N(C)Cc2c(C)nn(-c3ccccc3C)c2C)cc1. The average molecular weight is 477 g/mol. The summed E-state index contributed by atoms with van der Waals surface area (Å²) in [6.07, 6.45) is 0. The van der Waals surface area contributed by atoms with Crippen LogP contribution in [0, 0.1) is 25.5 Å². The van der Waals surface area contributed by atoms with E-state index in [-0.39, 0.29) is 12.5 Å². The van der Waals surface area contributed by atoms with Crippen LogP contribution in [0.5, 0.6) is 5.75 Å². The maximum absolute atomic E-state index is 13.2. The molecular weight excluding hydrogens is 448 g/mol. The monoisotopic (exact) mass is 476 g/mol. The summed E-state index contributed by atoms with van der Waals surface area (Å²) < 4.78 is 9.29. The summed E-state index contributed by atoms with van der Waals surface area (Å²) >= 11 is 5.40. The Bertz CT molecular complexity index is 1380. The molecule has 0 aliphatic heterocycles. The minimum Gasteiger partial charge on any atom is -0.497 e. The molecule has 2 heterocycles. The summed E-state index contributed by atoms with van der Waals surface area (Å²) in [5.74, 6) is 1.28. The van der Waals surface area contributed by atoms with Gasteiger partial charge >= 0.3 is 0 Å². The van der Waals surface area contributed by atoms with Gasteiger partial charge < -0.3 is 9.64 Å². The van der Waals surface area contributed by atoms with Gasteiger partial charge in [-0.05, 0) is 68.9 Å². The number of nitrogens with zero attached hydrogens (tertiary/aromatic N) is 5. The number of aromatic amines is 1. The van der Waals surface area contributed by atoms with Crippen molar-refractivity contribution < 1.29 is 9.53 Å². The molecule has 4 rings (SSSR count). The van der Waals surface area contributed by atoms with Crippen LogP contribution in [0.4, 0.5) is 0 Å². The Morgan fingerprint density at radius 3 is 2.50 bits per heavy atom. The molecule has 34 heavy (non-hydrogen) atoms. The van der Waals surface area contributed by atoms with Crippen molar-refractivity contribution in [2.75, 3.05) is 14.2 Å². The van der Waals surface area contributed by atoms with Crippen LogP contribution < -0.4 is 4.74 Å². The number of para-hydroxylation sites is 1. The first kappa shape index (κ1) is 23.4. The minimum atomic E-state index is -0.0743. The molecule has 2 aromatic carbocycles. The molecule has 0 saturated carbocycles. The van der Waals surface area contributed by atoms with E-state index in [0.29, 0.717) is 17.1 Å². The highest BCUT2D eigenvalue weighted by molar-refractivity contribution is 7.71. The lowest BCUT2D eigenvalue weighted by Gasteiger charge is -2.18. The van der Waals surface area contributed by atoms with Crippen LogP contribution in [-0.4, -0.2) is 49.5 Å². The summed E-state index contributed by atoms with van der Waals surface area (Å²) in [7, 11) is 3.41. The second-order valence-electron chi connectivity index (χ2n) is 8.26. The third kappa shape index (κ3) is 4.51. The second kappa shape index (κ2) is 9.64. The number of amides is 1. The predicted molar refractivity (Wildman–Crippen MR) is 134 cm³/mol. The van der Waals surface area contributed by atoms with Gasteiger partial charge in [-0.1, -0.05) is 18.2 Å². The van der Waals surface area contributed by atoms with E-state index < -0.39 is 0 Å². The van der Waals surface area contributed by atoms with Crippen molar-refractivity contribution in [1.82, 2.24) is 29.4 Å². The number of aryl methyl sites for hydroxylation is 2.